The van der Waals surface area contributed by atoms with E-state index in [1.807, 2.05) is 30.3 Å². The summed E-state index contributed by atoms with van der Waals surface area (Å²) in [4.78, 5) is 4.57. The van der Waals surface area contributed by atoms with Gasteiger partial charge in [0, 0.05) is 40.9 Å². The lowest BCUT2D eigenvalue weighted by molar-refractivity contribution is 0.160. The first-order valence-corrected chi connectivity index (χ1v) is 13.2. The van der Waals surface area contributed by atoms with Gasteiger partial charge in [0.2, 0.25) is 0 Å². The zero-order valence-electron chi connectivity index (χ0n) is 22.4. The molecule has 2 aromatic carbocycles. The molecule has 1 saturated heterocycles. The Balaban J connectivity index is 0.00000121. The molecule has 0 aliphatic carbocycles. The number of likely N-dealkylation sites (tertiary alicyclic amines) is 1. The molecule has 0 amide bonds. The van der Waals surface area contributed by atoms with Crippen molar-refractivity contribution in [1.82, 2.24) is 4.90 Å². The molecule has 37 heavy (non-hydrogen) atoms. The van der Waals surface area contributed by atoms with Crippen molar-refractivity contribution in [2.45, 2.75) is 72.4 Å². The third-order valence-corrected chi connectivity index (χ3v) is 6.76. The van der Waals surface area contributed by atoms with Gasteiger partial charge in [0.25, 0.3) is 6.43 Å². The van der Waals surface area contributed by atoms with Crippen LogP contribution in [-0.4, -0.2) is 41.9 Å². The maximum Gasteiger partial charge on any atom is 0.278 e. The molecule has 0 bridgehead atoms. The van der Waals surface area contributed by atoms with E-state index in [0.29, 0.717) is 35.3 Å². The van der Waals surface area contributed by atoms with Crippen molar-refractivity contribution >= 4 is 17.1 Å². The van der Waals surface area contributed by atoms with Gasteiger partial charge in [-0.15, -0.1) is 0 Å². The Hall–Kier alpha value is -2.93. The normalized spacial score (nSPS) is 16.4. The SMILES string of the molecule is C=C(C1CCN(C(C)C)CC1)N(Cc1ccc(C2=NN=C(C(F)F)C2)cc1F)c1ccccc1.CCC. The van der Waals surface area contributed by atoms with Crippen LogP contribution in [0.3, 0.4) is 0 Å². The second-order valence-electron chi connectivity index (χ2n) is 9.95. The molecule has 4 rings (SSSR count). The van der Waals surface area contributed by atoms with E-state index in [1.165, 1.54) is 12.5 Å². The molecule has 0 spiro atoms. The van der Waals surface area contributed by atoms with E-state index < -0.39 is 12.2 Å². The van der Waals surface area contributed by atoms with Crippen LogP contribution < -0.4 is 4.90 Å². The van der Waals surface area contributed by atoms with E-state index in [9.17, 15) is 8.78 Å². The molecule has 0 radical (unpaired) electrons. The molecule has 4 nitrogen and oxygen atoms in total. The van der Waals surface area contributed by atoms with Gasteiger partial charge in [0.15, 0.2) is 0 Å². The fraction of sp³-hybridized carbons (Fsp3) is 0.467. The Morgan fingerprint density at radius 3 is 2.24 bits per heavy atom. The second kappa shape index (κ2) is 13.6. The molecule has 2 aliphatic heterocycles. The van der Waals surface area contributed by atoms with E-state index in [4.69, 9.17) is 0 Å². The quantitative estimate of drug-likeness (QED) is 0.363. The van der Waals surface area contributed by atoms with Crippen molar-refractivity contribution < 1.29 is 13.2 Å². The molecule has 2 heterocycles. The summed E-state index contributed by atoms with van der Waals surface area (Å²) in [6.45, 7) is 15.5. The van der Waals surface area contributed by atoms with Gasteiger partial charge in [-0.1, -0.05) is 57.2 Å². The van der Waals surface area contributed by atoms with Crippen LogP contribution in [0.2, 0.25) is 0 Å². The molecule has 0 N–H and O–H groups in total. The number of alkyl halides is 2. The molecule has 1 fully saturated rings. The minimum Gasteiger partial charge on any atom is -0.341 e. The number of anilines is 1. The molecule has 0 aromatic heterocycles. The van der Waals surface area contributed by atoms with Gasteiger partial charge in [0.05, 0.1) is 12.3 Å². The Morgan fingerprint density at radius 1 is 1.05 bits per heavy atom. The third kappa shape index (κ3) is 7.54. The van der Waals surface area contributed by atoms with Gasteiger partial charge < -0.3 is 9.80 Å². The summed E-state index contributed by atoms with van der Waals surface area (Å²) in [5.74, 6) is -0.0654. The summed E-state index contributed by atoms with van der Waals surface area (Å²) in [5.41, 5.74) is 3.04. The van der Waals surface area contributed by atoms with Crippen LogP contribution in [0.5, 0.6) is 0 Å². The minimum absolute atomic E-state index is 0.0571. The van der Waals surface area contributed by atoms with Crippen LogP contribution in [0.1, 0.15) is 64.5 Å². The summed E-state index contributed by atoms with van der Waals surface area (Å²) in [6.07, 6.45) is 0.587. The minimum atomic E-state index is -2.65. The first-order valence-electron chi connectivity index (χ1n) is 13.2. The van der Waals surface area contributed by atoms with Crippen LogP contribution in [-0.2, 0) is 6.54 Å². The van der Waals surface area contributed by atoms with E-state index in [-0.39, 0.29) is 12.1 Å². The topological polar surface area (TPSA) is 31.2 Å². The molecular formula is C30H39F3N4. The first-order chi connectivity index (χ1) is 17.7. The van der Waals surface area contributed by atoms with Crippen molar-refractivity contribution in [3.8, 4) is 0 Å². The van der Waals surface area contributed by atoms with Gasteiger partial charge in [-0.2, -0.15) is 10.2 Å². The van der Waals surface area contributed by atoms with Crippen molar-refractivity contribution in [2.24, 2.45) is 16.1 Å². The number of para-hydroxylation sites is 1. The number of nitrogens with zero attached hydrogens (tertiary/aromatic N) is 4. The highest BCUT2D eigenvalue weighted by Crippen LogP contribution is 2.32. The van der Waals surface area contributed by atoms with Gasteiger partial charge in [-0.25, -0.2) is 13.2 Å². The van der Waals surface area contributed by atoms with E-state index >= 15 is 4.39 Å². The third-order valence-electron chi connectivity index (χ3n) is 6.76. The zero-order chi connectivity index (χ0) is 26.9. The van der Waals surface area contributed by atoms with E-state index in [2.05, 4.69) is 54.3 Å². The van der Waals surface area contributed by atoms with Gasteiger partial charge in [0.1, 0.15) is 11.5 Å². The highest BCUT2D eigenvalue weighted by Gasteiger charge is 2.27. The first kappa shape index (κ1) is 28.6. The number of piperidine rings is 1. The standard InChI is InChI=1S/C27H31F3N4.C3H8/c1-18(2)33-13-11-20(12-14-33)19(3)34(23-7-5-4-6-8-23)17-22-10-9-21(15-24(22)28)25-16-26(27(29)30)32-31-25;1-3-2/h4-10,15,18,20,27H,3,11-14,16-17H2,1-2H3;3H2,1-2H3. The van der Waals surface area contributed by atoms with Crippen LogP contribution in [0.15, 0.2) is 71.0 Å². The van der Waals surface area contributed by atoms with Crippen LogP contribution in [0, 0.1) is 11.7 Å². The molecule has 2 aromatic rings. The molecule has 0 atom stereocenters. The monoisotopic (exact) mass is 512 g/mol. The number of hydrogen-bond donors (Lipinski definition) is 0. The molecule has 0 unspecified atom stereocenters. The molecule has 0 saturated carbocycles. The fourth-order valence-corrected chi connectivity index (χ4v) is 4.61. The fourth-order valence-electron chi connectivity index (χ4n) is 4.61. The average Bonchev–Trinajstić information content (AvgIpc) is 3.40. The second-order valence-corrected chi connectivity index (χ2v) is 9.95. The Labute approximate surface area is 219 Å². The zero-order valence-corrected chi connectivity index (χ0v) is 22.4. The van der Waals surface area contributed by atoms with Crippen molar-refractivity contribution in [3.63, 3.8) is 0 Å². The van der Waals surface area contributed by atoms with Crippen molar-refractivity contribution in [3.05, 3.63) is 77.8 Å². The lowest BCUT2D eigenvalue weighted by Gasteiger charge is -2.39. The smallest absolute Gasteiger partial charge is 0.278 e. The van der Waals surface area contributed by atoms with E-state index in [0.717, 1.165) is 37.3 Å². The summed E-state index contributed by atoms with van der Waals surface area (Å²) in [6, 6.07) is 15.2. The van der Waals surface area contributed by atoms with Crippen LogP contribution in [0.4, 0.5) is 18.9 Å². The predicted octanol–water partition coefficient (Wildman–Crippen LogP) is 7.70. The predicted molar refractivity (Wildman–Crippen MR) is 148 cm³/mol. The van der Waals surface area contributed by atoms with Gasteiger partial charge >= 0.3 is 0 Å². The van der Waals surface area contributed by atoms with E-state index in [1.54, 1.807) is 12.1 Å². The highest BCUT2D eigenvalue weighted by atomic mass is 19.3. The van der Waals surface area contributed by atoms with Crippen molar-refractivity contribution in [1.29, 1.82) is 0 Å². The van der Waals surface area contributed by atoms with Crippen LogP contribution >= 0.6 is 0 Å². The number of benzene rings is 2. The largest absolute Gasteiger partial charge is 0.341 e. The number of allylic oxidation sites excluding steroid dienone is 1. The highest BCUT2D eigenvalue weighted by molar-refractivity contribution is 6.15. The average molecular weight is 513 g/mol. The Bertz CT molecular complexity index is 1090. The summed E-state index contributed by atoms with van der Waals surface area (Å²) in [5, 5.41) is 7.36. The molecule has 200 valence electrons. The van der Waals surface area contributed by atoms with Crippen LogP contribution in [0.25, 0.3) is 0 Å². The summed E-state index contributed by atoms with van der Waals surface area (Å²) in [7, 11) is 0. The van der Waals surface area contributed by atoms with Gasteiger partial charge in [-0.3, -0.25) is 0 Å². The summed E-state index contributed by atoms with van der Waals surface area (Å²) < 4.78 is 40.9. The maximum absolute atomic E-state index is 15.2. The Morgan fingerprint density at radius 2 is 1.70 bits per heavy atom. The summed E-state index contributed by atoms with van der Waals surface area (Å²) >= 11 is 0. The number of hydrogen-bond acceptors (Lipinski definition) is 4. The van der Waals surface area contributed by atoms with Gasteiger partial charge in [-0.05, 0) is 58.0 Å². The lowest BCUT2D eigenvalue weighted by Crippen LogP contribution is -2.40. The number of halogens is 3. The maximum atomic E-state index is 15.2. The van der Waals surface area contributed by atoms with Crippen molar-refractivity contribution in [2.75, 3.05) is 18.0 Å². The molecule has 7 heteroatoms. The Kier molecular flexibility index (Phi) is 10.5. The lowest BCUT2D eigenvalue weighted by atomic mass is 9.92. The molecule has 2 aliphatic rings. The molecular weight excluding hydrogens is 473 g/mol. The number of rotatable bonds is 8.